The van der Waals surface area contributed by atoms with Crippen LogP contribution in [0.25, 0.3) is 16.3 Å². The standard InChI is InChI=1S/C31H44Si/c1-9-21(2)20-32(7,8)30-22(3)19-28-24(15-12-16-27(28)30)25-17-18-29(31(4,5)6)26-14-11-10-13-23(25)26/h10-18,21-22,27-28,30H,9,19-20H2,1-8H3. The van der Waals surface area contributed by atoms with Crippen LogP contribution >= 0.6 is 0 Å². The van der Waals surface area contributed by atoms with Crippen LogP contribution in [0.4, 0.5) is 0 Å². The lowest BCUT2D eigenvalue weighted by molar-refractivity contribution is 0.533. The molecule has 0 N–H and O–H groups in total. The van der Waals surface area contributed by atoms with Crippen molar-refractivity contribution in [2.45, 2.75) is 84.5 Å². The maximum Gasteiger partial charge on any atom is 0.0516 e. The Hall–Kier alpha value is -1.60. The molecule has 0 radical (unpaired) electrons. The first-order valence-corrected chi connectivity index (χ1v) is 16.2. The fourth-order valence-electron chi connectivity index (χ4n) is 7.30. The van der Waals surface area contributed by atoms with Gasteiger partial charge in [0.1, 0.15) is 0 Å². The second-order valence-electron chi connectivity index (χ2n) is 12.6. The monoisotopic (exact) mass is 444 g/mol. The van der Waals surface area contributed by atoms with Crippen LogP contribution in [-0.2, 0) is 5.41 Å². The van der Waals surface area contributed by atoms with E-state index in [1.807, 2.05) is 0 Å². The Morgan fingerprint density at radius 3 is 2.38 bits per heavy atom. The largest absolute Gasteiger partial charge is 0.0808 e. The smallest absolute Gasteiger partial charge is 0.0516 e. The molecule has 32 heavy (non-hydrogen) atoms. The Bertz CT molecular complexity index is 1030. The van der Waals surface area contributed by atoms with E-state index in [0.29, 0.717) is 5.92 Å². The fraction of sp³-hybridized carbons (Fsp3) is 0.548. The highest BCUT2D eigenvalue weighted by Gasteiger charge is 2.49. The molecule has 0 heterocycles. The average molecular weight is 445 g/mol. The summed E-state index contributed by atoms with van der Waals surface area (Å²) in [4.78, 5) is 0. The predicted octanol–water partition coefficient (Wildman–Crippen LogP) is 9.49. The lowest BCUT2D eigenvalue weighted by atomic mass is 9.77. The summed E-state index contributed by atoms with van der Waals surface area (Å²) in [7, 11) is -1.32. The number of hydrogen-bond acceptors (Lipinski definition) is 0. The second-order valence-corrected chi connectivity index (χ2v) is 17.6. The van der Waals surface area contributed by atoms with Gasteiger partial charge in [0.2, 0.25) is 0 Å². The molecule has 2 aliphatic rings. The van der Waals surface area contributed by atoms with Crippen molar-refractivity contribution in [2.75, 3.05) is 0 Å². The van der Waals surface area contributed by atoms with Crippen LogP contribution < -0.4 is 0 Å². The van der Waals surface area contributed by atoms with E-state index in [0.717, 1.165) is 23.3 Å². The Labute approximate surface area is 198 Å². The molecule has 2 aromatic rings. The van der Waals surface area contributed by atoms with Gasteiger partial charge >= 0.3 is 0 Å². The quantitative estimate of drug-likeness (QED) is 0.403. The van der Waals surface area contributed by atoms with Gasteiger partial charge in [-0.3, -0.25) is 0 Å². The van der Waals surface area contributed by atoms with Crippen LogP contribution in [0.2, 0.25) is 24.7 Å². The molecule has 0 bridgehead atoms. The summed E-state index contributed by atoms with van der Waals surface area (Å²) < 4.78 is 0. The van der Waals surface area contributed by atoms with Crippen LogP contribution in [0.5, 0.6) is 0 Å². The van der Waals surface area contributed by atoms with Gasteiger partial charge in [0.15, 0.2) is 0 Å². The van der Waals surface area contributed by atoms with Crippen molar-refractivity contribution in [3.63, 3.8) is 0 Å². The minimum absolute atomic E-state index is 0.153. The molecule has 0 amide bonds. The minimum atomic E-state index is -1.32. The molecule has 1 fully saturated rings. The van der Waals surface area contributed by atoms with Gasteiger partial charge in [-0.05, 0) is 68.5 Å². The summed E-state index contributed by atoms with van der Waals surface area (Å²) in [6, 6.07) is 15.4. The number of allylic oxidation sites excluding steroid dienone is 4. The van der Waals surface area contributed by atoms with E-state index in [-0.39, 0.29) is 5.41 Å². The molecule has 0 spiro atoms. The van der Waals surface area contributed by atoms with E-state index in [2.05, 4.69) is 109 Å². The fourth-order valence-corrected chi connectivity index (χ4v) is 12.7. The third-order valence-corrected chi connectivity index (χ3v) is 13.2. The Kier molecular flexibility index (Phi) is 6.35. The van der Waals surface area contributed by atoms with Gasteiger partial charge in [0, 0.05) is 0 Å². The van der Waals surface area contributed by atoms with Crippen molar-refractivity contribution < 1.29 is 0 Å². The van der Waals surface area contributed by atoms with Crippen LogP contribution in [0.3, 0.4) is 0 Å². The van der Waals surface area contributed by atoms with Gasteiger partial charge in [0.25, 0.3) is 0 Å². The topological polar surface area (TPSA) is 0 Å². The van der Waals surface area contributed by atoms with E-state index >= 15 is 0 Å². The average Bonchev–Trinajstić information content (AvgIpc) is 3.08. The third kappa shape index (κ3) is 4.18. The zero-order chi connectivity index (χ0) is 23.3. The minimum Gasteiger partial charge on any atom is -0.0808 e. The molecule has 0 saturated heterocycles. The van der Waals surface area contributed by atoms with Crippen LogP contribution in [0.15, 0.2) is 54.6 Å². The summed E-state index contributed by atoms with van der Waals surface area (Å²) in [5, 5.41) is 2.87. The van der Waals surface area contributed by atoms with Crippen molar-refractivity contribution in [1.29, 1.82) is 0 Å². The molecule has 5 unspecified atom stereocenters. The number of rotatable bonds is 5. The van der Waals surface area contributed by atoms with Gasteiger partial charge in [-0.15, -0.1) is 0 Å². The zero-order valence-corrected chi connectivity index (χ0v) is 22.7. The number of hydrogen-bond donors (Lipinski definition) is 0. The molecular formula is C31H44Si. The highest BCUT2D eigenvalue weighted by molar-refractivity contribution is 6.79. The first kappa shape index (κ1) is 23.6. The summed E-state index contributed by atoms with van der Waals surface area (Å²) in [6.07, 6.45) is 10.1. The van der Waals surface area contributed by atoms with Crippen molar-refractivity contribution in [3.05, 3.63) is 65.8 Å². The maximum atomic E-state index is 2.68. The number of fused-ring (bicyclic) bond motifs is 2. The van der Waals surface area contributed by atoms with Gasteiger partial charge < -0.3 is 0 Å². The Morgan fingerprint density at radius 1 is 1.03 bits per heavy atom. The van der Waals surface area contributed by atoms with Gasteiger partial charge in [0.05, 0.1) is 8.07 Å². The highest BCUT2D eigenvalue weighted by atomic mass is 28.3. The van der Waals surface area contributed by atoms with Crippen LogP contribution in [-0.4, -0.2) is 8.07 Å². The summed E-state index contributed by atoms with van der Waals surface area (Å²) >= 11 is 0. The van der Waals surface area contributed by atoms with Crippen LogP contribution in [0.1, 0.15) is 65.5 Å². The number of benzene rings is 2. The molecule has 1 saturated carbocycles. The summed E-state index contributed by atoms with van der Waals surface area (Å²) in [5.74, 6) is 3.07. The highest BCUT2D eigenvalue weighted by Crippen LogP contribution is 2.58. The maximum absolute atomic E-state index is 2.68. The molecule has 5 atom stereocenters. The van der Waals surface area contributed by atoms with E-state index < -0.39 is 8.07 Å². The Morgan fingerprint density at radius 2 is 1.72 bits per heavy atom. The summed E-state index contributed by atoms with van der Waals surface area (Å²) in [5.41, 5.74) is 5.57. The lowest BCUT2D eigenvalue weighted by Gasteiger charge is -2.39. The van der Waals surface area contributed by atoms with Gasteiger partial charge in [-0.1, -0.05) is 122 Å². The first-order chi connectivity index (χ1) is 15.0. The summed E-state index contributed by atoms with van der Waals surface area (Å²) in [6.45, 7) is 19.8. The van der Waals surface area contributed by atoms with Crippen molar-refractivity contribution in [3.8, 4) is 0 Å². The third-order valence-electron chi connectivity index (χ3n) is 8.64. The van der Waals surface area contributed by atoms with E-state index in [9.17, 15) is 0 Å². The molecule has 2 aliphatic carbocycles. The molecule has 0 nitrogen and oxygen atoms in total. The second kappa shape index (κ2) is 8.63. The van der Waals surface area contributed by atoms with Gasteiger partial charge in [-0.2, -0.15) is 0 Å². The molecular weight excluding hydrogens is 400 g/mol. The zero-order valence-electron chi connectivity index (χ0n) is 21.7. The molecule has 1 heteroatoms. The van der Waals surface area contributed by atoms with E-state index in [1.165, 1.54) is 40.8 Å². The molecule has 0 aliphatic heterocycles. The van der Waals surface area contributed by atoms with Gasteiger partial charge in [-0.25, -0.2) is 0 Å². The molecule has 4 rings (SSSR count). The molecule has 2 aromatic carbocycles. The van der Waals surface area contributed by atoms with Crippen molar-refractivity contribution in [2.24, 2.45) is 23.7 Å². The van der Waals surface area contributed by atoms with Crippen molar-refractivity contribution >= 4 is 24.4 Å². The first-order valence-electron chi connectivity index (χ1n) is 13.0. The van der Waals surface area contributed by atoms with E-state index in [1.54, 1.807) is 5.57 Å². The van der Waals surface area contributed by atoms with Crippen molar-refractivity contribution in [1.82, 2.24) is 0 Å². The van der Waals surface area contributed by atoms with E-state index in [4.69, 9.17) is 0 Å². The molecule has 172 valence electrons. The Balaban J connectivity index is 1.75. The normalized spacial score (nSPS) is 26.8. The lowest BCUT2D eigenvalue weighted by Crippen LogP contribution is -2.39. The molecule has 0 aromatic heterocycles. The predicted molar refractivity (Wildman–Crippen MR) is 146 cm³/mol. The SMILES string of the molecule is CCC(C)C[Si](C)(C)C1C(C)CC2C(c3ccc(C(C)(C)C)c4ccccc34)=CC=CC21. The van der Waals surface area contributed by atoms with Crippen LogP contribution in [0, 0.1) is 23.7 Å².